The summed E-state index contributed by atoms with van der Waals surface area (Å²) in [6.45, 7) is 5.68. The lowest BCUT2D eigenvalue weighted by Crippen LogP contribution is -2.37. The quantitative estimate of drug-likeness (QED) is 0.0214. The Bertz CT molecular complexity index is 972. The van der Waals surface area contributed by atoms with Crippen molar-refractivity contribution in [1.82, 2.24) is 0 Å². The lowest BCUT2D eigenvalue weighted by Gasteiger charge is -2.24. The second-order valence-corrected chi connectivity index (χ2v) is 20.4. The first-order valence-electron chi connectivity index (χ1n) is 25.9. The van der Waals surface area contributed by atoms with Crippen molar-refractivity contribution in [1.29, 1.82) is 0 Å². The Balaban J connectivity index is 4.10. The van der Waals surface area contributed by atoms with E-state index in [9.17, 15) is 14.3 Å². The van der Waals surface area contributed by atoms with E-state index in [1.54, 1.807) is 0 Å². The van der Waals surface area contributed by atoms with Gasteiger partial charge in [-0.15, -0.1) is 0 Å². The highest BCUT2D eigenvalue weighted by Gasteiger charge is 2.26. The van der Waals surface area contributed by atoms with Crippen molar-refractivity contribution in [2.45, 2.75) is 258 Å². The summed E-state index contributed by atoms with van der Waals surface area (Å²) in [5, 5.41) is 0. The van der Waals surface area contributed by atoms with Crippen molar-refractivity contribution in [2.24, 2.45) is 0 Å². The third-order valence-corrected chi connectivity index (χ3v) is 12.6. The number of rotatable bonds is 49. The Morgan fingerprint density at radius 2 is 0.867 bits per heavy atom. The Morgan fingerprint density at radius 3 is 1.27 bits per heavy atom. The fourth-order valence-corrected chi connectivity index (χ4v) is 8.29. The molecule has 358 valence electrons. The van der Waals surface area contributed by atoms with E-state index >= 15 is 0 Å². The molecule has 60 heavy (non-hydrogen) atoms. The summed E-state index contributed by atoms with van der Waals surface area (Å²) in [6.07, 6.45) is 51.1. The van der Waals surface area contributed by atoms with Gasteiger partial charge in [0.2, 0.25) is 0 Å². The van der Waals surface area contributed by atoms with E-state index in [2.05, 4.69) is 26.0 Å². The average Bonchev–Trinajstić information content (AvgIpc) is 3.20. The molecule has 0 rings (SSSR count). The number of carbonyl (C=O) groups is 1. The van der Waals surface area contributed by atoms with Gasteiger partial charge >= 0.3 is 13.8 Å². The van der Waals surface area contributed by atoms with Crippen LogP contribution in [0.3, 0.4) is 0 Å². The zero-order chi connectivity index (χ0) is 44.1. The molecule has 0 radical (unpaired) electrons. The number of phosphoric ester groups is 1. The molecule has 0 saturated heterocycles. The molecule has 9 heteroatoms. The third-order valence-electron chi connectivity index (χ3n) is 11.6. The van der Waals surface area contributed by atoms with Gasteiger partial charge in [0.05, 0.1) is 34.4 Å². The standard InChI is InChI=1S/C51H102NO7P/c1-6-8-10-12-14-16-18-20-22-24-26-27-29-31-33-35-37-39-41-43-46-56-48-50(49-58-60(54,55)57-47-45-52(3,4)5)59-51(53)44-42-40-38-36-34-32-30-28-25-23-21-19-17-15-13-11-9-7-2/h20,22,50H,6-19,21,23-49H2,1-5H3/p+1/b22-20-. The highest BCUT2D eigenvalue weighted by atomic mass is 31.2. The summed E-state index contributed by atoms with van der Waals surface area (Å²) in [5.41, 5.74) is 0. The molecule has 0 amide bonds. The number of esters is 1. The molecule has 0 aromatic carbocycles. The van der Waals surface area contributed by atoms with E-state index in [1.807, 2.05) is 21.1 Å². The van der Waals surface area contributed by atoms with Crippen molar-refractivity contribution in [3.05, 3.63) is 12.2 Å². The van der Waals surface area contributed by atoms with Crippen LogP contribution in [-0.2, 0) is 27.9 Å². The van der Waals surface area contributed by atoms with Crippen molar-refractivity contribution < 1.29 is 37.3 Å². The topological polar surface area (TPSA) is 91.3 Å². The van der Waals surface area contributed by atoms with Crippen LogP contribution in [0.5, 0.6) is 0 Å². The molecule has 0 spiro atoms. The van der Waals surface area contributed by atoms with E-state index in [0.717, 1.165) is 32.1 Å². The monoisotopic (exact) mass is 873 g/mol. The number of hydrogen-bond donors (Lipinski definition) is 1. The fraction of sp³-hybridized carbons (Fsp3) is 0.941. The van der Waals surface area contributed by atoms with Crippen LogP contribution in [0.15, 0.2) is 12.2 Å². The Kier molecular flexibility index (Phi) is 44.3. The fourth-order valence-electron chi connectivity index (χ4n) is 7.55. The Labute approximate surface area is 373 Å². The third kappa shape index (κ3) is 48.3. The molecule has 0 aromatic rings. The summed E-state index contributed by atoms with van der Waals surface area (Å²) >= 11 is 0. The SMILES string of the molecule is CCCCCCCC/C=C\CCCCCCCCCCCCOCC(COP(=O)(O)OCC[N+](C)(C)C)OC(=O)CCCCCCCCCCCCCCCCCCCC. The first-order chi connectivity index (χ1) is 29.1. The van der Waals surface area contributed by atoms with Gasteiger partial charge < -0.3 is 18.9 Å². The molecule has 0 aliphatic carbocycles. The predicted molar refractivity (Wildman–Crippen MR) is 257 cm³/mol. The van der Waals surface area contributed by atoms with Crippen LogP contribution in [0.4, 0.5) is 0 Å². The number of phosphoric acid groups is 1. The minimum absolute atomic E-state index is 0.0921. The van der Waals surface area contributed by atoms with Crippen molar-refractivity contribution in [2.75, 3.05) is 54.1 Å². The largest absolute Gasteiger partial charge is 0.472 e. The smallest absolute Gasteiger partial charge is 0.457 e. The van der Waals surface area contributed by atoms with Gasteiger partial charge in [-0.3, -0.25) is 13.8 Å². The summed E-state index contributed by atoms with van der Waals surface area (Å²) in [7, 11) is 1.68. The molecule has 2 unspecified atom stereocenters. The number of hydrogen-bond acceptors (Lipinski definition) is 6. The molecule has 0 saturated carbocycles. The number of quaternary nitrogens is 1. The van der Waals surface area contributed by atoms with E-state index in [1.165, 1.54) is 199 Å². The van der Waals surface area contributed by atoms with Gasteiger partial charge in [-0.25, -0.2) is 4.57 Å². The van der Waals surface area contributed by atoms with E-state index < -0.39 is 13.9 Å². The van der Waals surface area contributed by atoms with Gasteiger partial charge in [-0.1, -0.05) is 219 Å². The second-order valence-electron chi connectivity index (χ2n) is 18.9. The molecule has 2 atom stereocenters. The minimum Gasteiger partial charge on any atom is -0.457 e. The Morgan fingerprint density at radius 1 is 0.500 bits per heavy atom. The number of ether oxygens (including phenoxy) is 2. The maximum atomic E-state index is 12.8. The molecule has 0 bridgehead atoms. The van der Waals surface area contributed by atoms with Crippen LogP contribution in [-0.4, -0.2) is 75.6 Å². The molecule has 0 fully saturated rings. The lowest BCUT2D eigenvalue weighted by atomic mass is 10.0. The molecule has 1 N–H and O–H groups in total. The summed E-state index contributed by atoms with van der Waals surface area (Å²) in [6, 6.07) is 0. The van der Waals surface area contributed by atoms with Crippen LogP contribution in [0.25, 0.3) is 0 Å². The first kappa shape index (κ1) is 59.2. The van der Waals surface area contributed by atoms with Crippen molar-refractivity contribution in [3.63, 3.8) is 0 Å². The summed E-state index contributed by atoms with van der Waals surface area (Å²) in [5.74, 6) is -0.307. The van der Waals surface area contributed by atoms with Gasteiger partial charge in [0.25, 0.3) is 0 Å². The van der Waals surface area contributed by atoms with E-state index in [4.69, 9.17) is 18.5 Å². The molecule has 0 aromatic heterocycles. The van der Waals surface area contributed by atoms with Gasteiger partial charge in [-0.05, 0) is 38.5 Å². The number of allylic oxidation sites excluding steroid dienone is 2. The van der Waals surface area contributed by atoms with Crippen molar-refractivity contribution in [3.8, 4) is 0 Å². The van der Waals surface area contributed by atoms with E-state index in [0.29, 0.717) is 24.1 Å². The van der Waals surface area contributed by atoms with Crippen LogP contribution in [0, 0.1) is 0 Å². The van der Waals surface area contributed by atoms with Gasteiger partial charge in [0.15, 0.2) is 0 Å². The molecule has 8 nitrogen and oxygen atoms in total. The Hall–Kier alpha value is -0.760. The lowest BCUT2D eigenvalue weighted by molar-refractivity contribution is -0.870. The molecule has 0 heterocycles. The normalized spacial score (nSPS) is 13.6. The number of carbonyl (C=O) groups excluding carboxylic acids is 1. The van der Waals surface area contributed by atoms with Crippen molar-refractivity contribution >= 4 is 13.8 Å². The molecule has 0 aliphatic heterocycles. The highest BCUT2D eigenvalue weighted by Crippen LogP contribution is 2.43. The second kappa shape index (κ2) is 44.8. The van der Waals surface area contributed by atoms with Gasteiger partial charge in [0, 0.05) is 13.0 Å². The maximum absolute atomic E-state index is 12.8. The number of unbranched alkanes of at least 4 members (excludes halogenated alkanes) is 33. The maximum Gasteiger partial charge on any atom is 0.472 e. The number of likely N-dealkylation sites (N-methyl/N-ethyl adjacent to an activating group) is 1. The van der Waals surface area contributed by atoms with Gasteiger partial charge in [-0.2, -0.15) is 0 Å². The van der Waals surface area contributed by atoms with E-state index in [-0.39, 0.29) is 25.8 Å². The van der Waals surface area contributed by atoms with Crippen LogP contribution in [0.2, 0.25) is 0 Å². The van der Waals surface area contributed by atoms with Crippen LogP contribution in [0.1, 0.15) is 251 Å². The highest BCUT2D eigenvalue weighted by molar-refractivity contribution is 7.47. The zero-order valence-electron chi connectivity index (χ0n) is 40.7. The molecular weight excluding hydrogens is 770 g/mol. The predicted octanol–water partition coefficient (Wildman–Crippen LogP) is 15.8. The summed E-state index contributed by atoms with van der Waals surface area (Å²) in [4.78, 5) is 23.0. The van der Waals surface area contributed by atoms with Crippen LogP contribution < -0.4 is 0 Å². The minimum atomic E-state index is -4.27. The average molecular weight is 873 g/mol. The van der Waals surface area contributed by atoms with Gasteiger partial charge in [0.1, 0.15) is 19.3 Å². The molecule has 0 aliphatic rings. The first-order valence-corrected chi connectivity index (χ1v) is 27.4. The summed E-state index contributed by atoms with van der Waals surface area (Å²) < 4.78 is 35.2. The van der Waals surface area contributed by atoms with Crippen LogP contribution >= 0.6 is 7.82 Å². The number of nitrogens with zero attached hydrogens (tertiary/aromatic N) is 1. The molecular formula is C51H103NO7P+. The zero-order valence-corrected chi connectivity index (χ0v) is 41.6.